The van der Waals surface area contributed by atoms with Gasteiger partial charge in [0, 0.05) is 11.9 Å². The fourth-order valence-electron chi connectivity index (χ4n) is 2.06. The van der Waals surface area contributed by atoms with Crippen LogP contribution in [-0.2, 0) is 0 Å². The molecule has 2 aromatic rings. The van der Waals surface area contributed by atoms with Crippen LogP contribution >= 0.6 is 11.3 Å². The van der Waals surface area contributed by atoms with Crippen LogP contribution in [0.25, 0.3) is 0 Å². The highest BCUT2D eigenvalue weighted by Crippen LogP contribution is 2.28. The van der Waals surface area contributed by atoms with Crippen LogP contribution < -0.4 is 10.6 Å². The summed E-state index contributed by atoms with van der Waals surface area (Å²) < 4.78 is 0. The zero-order chi connectivity index (χ0) is 15.6. The van der Waals surface area contributed by atoms with Gasteiger partial charge in [-0.15, -0.1) is 11.3 Å². The number of aryl methyl sites for hydroxylation is 2. The largest absolute Gasteiger partial charge is 0.373 e. The normalized spacial score (nSPS) is 12.0. The summed E-state index contributed by atoms with van der Waals surface area (Å²) in [7, 11) is 1.68. The lowest BCUT2D eigenvalue weighted by atomic mass is 10.2. The molecule has 0 aromatic carbocycles. The van der Waals surface area contributed by atoms with Gasteiger partial charge in [0.1, 0.15) is 11.6 Å². The third-order valence-electron chi connectivity index (χ3n) is 2.97. The molecule has 7 nitrogen and oxygen atoms in total. The Bertz CT molecular complexity index is 671. The van der Waals surface area contributed by atoms with Crippen LogP contribution in [0.5, 0.6) is 0 Å². The van der Waals surface area contributed by atoms with Crippen LogP contribution in [-0.4, -0.2) is 21.9 Å². The molecule has 0 saturated carbocycles. The SMILES string of the molecule is CNc1cc([N+](=O)[O-])cc(NC(C)c2sc(C)nc2C)n1. The van der Waals surface area contributed by atoms with Gasteiger partial charge in [0.05, 0.1) is 33.8 Å². The fraction of sp³-hybridized carbons (Fsp3) is 0.385. The van der Waals surface area contributed by atoms with Crippen LogP contribution in [0.3, 0.4) is 0 Å². The van der Waals surface area contributed by atoms with Crippen LogP contribution in [0.1, 0.15) is 28.5 Å². The standard InChI is InChI=1S/C13H17N5O2S/c1-7-13(21-9(3)15-7)8(2)16-12-6-10(18(19)20)5-11(14-4)17-12/h5-6,8H,1-4H3,(H2,14,16,17). The molecule has 1 atom stereocenters. The van der Waals surface area contributed by atoms with Crippen molar-refractivity contribution in [3.8, 4) is 0 Å². The Balaban J connectivity index is 2.28. The van der Waals surface area contributed by atoms with Crippen molar-refractivity contribution in [1.82, 2.24) is 9.97 Å². The number of nitrogens with one attached hydrogen (secondary N) is 2. The Hall–Kier alpha value is -2.22. The average molecular weight is 307 g/mol. The highest BCUT2D eigenvalue weighted by molar-refractivity contribution is 7.11. The predicted octanol–water partition coefficient (Wildman–Crippen LogP) is 3.28. The third kappa shape index (κ3) is 3.46. The fourth-order valence-corrected chi connectivity index (χ4v) is 2.99. The summed E-state index contributed by atoms with van der Waals surface area (Å²) in [5.74, 6) is 0.919. The molecule has 0 amide bonds. The average Bonchev–Trinajstić information content (AvgIpc) is 2.77. The lowest BCUT2D eigenvalue weighted by Crippen LogP contribution is -2.09. The number of hydrogen-bond acceptors (Lipinski definition) is 7. The van der Waals surface area contributed by atoms with Gasteiger partial charge in [-0.3, -0.25) is 10.1 Å². The van der Waals surface area contributed by atoms with Crippen molar-refractivity contribution < 1.29 is 4.92 Å². The zero-order valence-corrected chi connectivity index (χ0v) is 13.1. The smallest absolute Gasteiger partial charge is 0.276 e. The van der Waals surface area contributed by atoms with Crippen LogP contribution in [0.4, 0.5) is 17.3 Å². The summed E-state index contributed by atoms with van der Waals surface area (Å²) in [6, 6.07) is 2.81. The molecule has 0 radical (unpaired) electrons. The Kier molecular flexibility index (Phi) is 4.37. The summed E-state index contributed by atoms with van der Waals surface area (Å²) in [6.45, 7) is 5.90. The minimum Gasteiger partial charge on any atom is -0.373 e. The van der Waals surface area contributed by atoms with Crippen LogP contribution in [0.2, 0.25) is 0 Å². The summed E-state index contributed by atoms with van der Waals surface area (Å²) in [4.78, 5) is 20.3. The third-order valence-corrected chi connectivity index (χ3v) is 4.23. The van der Waals surface area contributed by atoms with Crippen LogP contribution in [0.15, 0.2) is 12.1 Å². The first kappa shape index (κ1) is 15.2. The summed E-state index contributed by atoms with van der Waals surface area (Å²) in [5.41, 5.74) is 0.970. The van der Waals surface area contributed by atoms with Gasteiger partial charge in [-0.25, -0.2) is 9.97 Å². The minimum atomic E-state index is -0.430. The van der Waals surface area contributed by atoms with Gasteiger partial charge in [0.25, 0.3) is 5.69 Å². The number of nitrogens with zero attached hydrogens (tertiary/aromatic N) is 3. The maximum atomic E-state index is 10.9. The number of nitro groups is 1. The highest BCUT2D eigenvalue weighted by Gasteiger charge is 2.16. The van der Waals surface area contributed by atoms with E-state index in [1.54, 1.807) is 18.4 Å². The molecule has 0 saturated heterocycles. The number of aromatic nitrogens is 2. The molecule has 0 spiro atoms. The molecule has 21 heavy (non-hydrogen) atoms. The van der Waals surface area contributed by atoms with E-state index >= 15 is 0 Å². The van der Waals surface area contributed by atoms with Crippen molar-refractivity contribution in [3.05, 3.63) is 37.8 Å². The van der Waals surface area contributed by atoms with Crippen molar-refractivity contribution in [1.29, 1.82) is 0 Å². The van der Waals surface area contributed by atoms with Crippen molar-refractivity contribution >= 4 is 28.7 Å². The van der Waals surface area contributed by atoms with Crippen LogP contribution in [0, 0.1) is 24.0 Å². The summed E-state index contributed by atoms with van der Waals surface area (Å²) >= 11 is 1.61. The number of thiazole rings is 1. The van der Waals surface area contributed by atoms with E-state index in [2.05, 4.69) is 20.6 Å². The van der Waals surface area contributed by atoms with Crippen molar-refractivity contribution in [3.63, 3.8) is 0 Å². The topological polar surface area (TPSA) is 93.0 Å². The molecular formula is C13H17N5O2S. The van der Waals surface area contributed by atoms with E-state index in [-0.39, 0.29) is 11.7 Å². The van der Waals surface area contributed by atoms with Gasteiger partial charge < -0.3 is 10.6 Å². The molecule has 0 aliphatic heterocycles. The zero-order valence-electron chi connectivity index (χ0n) is 12.3. The molecular weight excluding hydrogens is 290 g/mol. The van der Waals surface area contributed by atoms with E-state index in [0.29, 0.717) is 11.6 Å². The van der Waals surface area contributed by atoms with Gasteiger partial charge in [0.2, 0.25) is 0 Å². The highest BCUT2D eigenvalue weighted by atomic mass is 32.1. The van der Waals surface area contributed by atoms with Gasteiger partial charge in [-0.2, -0.15) is 0 Å². The van der Waals surface area contributed by atoms with E-state index in [1.165, 1.54) is 12.1 Å². The number of hydrogen-bond donors (Lipinski definition) is 2. The summed E-state index contributed by atoms with van der Waals surface area (Å²) in [5, 5.41) is 18.0. The molecule has 0 bridgehead atoms. The molecule has 112 valence electrons. The lowest BCUT2D eigenvalue weighted by Gasteiger charge is -2.14. The molecule has 2 heterocycles. The Morgan fingerprint density at radius 1 is 1.29 bits per heavy atom. The summed E-state index contributed by atoms with van der Waals surface area (Å²) in [6.07, 6.45) is 0. The number of pyridine rings is 1. The van der Waals surface area contributed by atoms with E-state index in [4.69, 9.17) is 0 Å². The number of rotatable bonds is 5. The lowest BCUT2D eigenvalue weighted by molar-refractivity contribution is -0.384. The van der Waals surface area contributed by atoms with E-state index in [0.717, 1.165) is 15.6 Å². The van der Waals surface area contributed by atoms with Crippen molar-refractivity contribution in [2.45, 2.75) is 26.8 Å². The first-order chi connectivity index (χ1) is 9.90. The second-order valence-electron chi connectivity index (χ2n) is 4.65. The molecule has 0 aliphatic rings. The minimum absolute atomic E-state index is 0.00116. The first-order valence-electron chi connectivity index (χ1n) is 6.45. The van der Waals surface area contributed by atoms with Crippen molar-refractivity contribution in [2.75, 3.05) is 17.7 Å². The second kappa shape index (κ2) is 6.04. The molecule has 2 rings (SSSR count). The first-order valence-corrected chi connectivity index (χ1v) is 7.27. The Labute approximate surface area is 126 Å². The molecule has 0 fully saturated rings. The molecule has 2 aromatic heterocycles. The Morgan fingerprint density at radius 3 is 2.48 bits per heavy atom. The van der Waals surface area contributed by atoms with E-state index in [1.807, 2.05) is 20.8 Å². The van der Waals surface area contributed by atoms with E-state index in [9.17, 15) is 10.1 Å². The quantitative estimate of drug-likeness (QED) is 0.650. The second-order valence-corrected chi connectivity index (χ2v) is 5.89. The predicted molar refractivity (Wildman–Crippen MR) is 84.1 cm³/mol. The maximum Gasteiger partial charge on any atom is 0.276 e. The van der Waals surface area contributed by atoms with E-state index < -0.39 is 4.92 Å². The van der Waals surface area contributed by atoms with Gasteiger partial charge in [-0.05, 0) is 20.8 Å². The number of anilines is 2. The molecule has 8 heteroatoms. The monoisotopic (exact) mass is 307 g/mol. The van der Waals surface area contributed by atoms with Gasteiger partial charge >= 0.3 is 0 Å². The van der Waals surface area contributed by atoms with Gasteiger partial charge in [0.15, 0.2) is 0 Å². The maximum absolute atomic E-state index is 10.9. The van der Waals surface area contributed by atoms with Crippen molar-refractivity contribution in [2.24, 2.45) is 0 Å². The molecule has 1 unspecified atom stereocenters. The molecule has 2 N–H and O–H groups in total. The Morgan fingerprint density at radius 2 is 1.95 bits per heavy atom. The van der Waals surface area contributed by atoms with Gasteiger partial charge in [-0.1, -0.05) is 0 Å². The molecule has 0 aliphatic carbocycles.